The number of benzene rings is 2. The van der Waals surface area contributed by atoms with E-state index in [1.807, 2.05) is 37.3 Å². The summed E-state index contributed by atoms with van der Waals surface area (Å²) < 4.78 is 5.39. The van der Waals surface area contributed by atoms with Gasteiger partial charge in [0.15, 0.2) is 0 Å². The van der Waals surface area contributed by atoms with Gasteiger partial charge in [0.1, 0.15) is 12.1 Å². The van der Waals surface area contributed by atoms with Crippen molar-refractivity contribution in [3.63, 3.8) is 0 Å². The normalized spacial score (nSPS) is 10.1. The number of aromatic nitrogens is 2. The SMILES string of the molecule is CCOc1ccc(Nc2ncnc(NNc3ccccc3)c2[N+](=O)[O-])cc1. The number of hydrogen-bond donors (Lipinski definition) is 3. The van der Waals surface area contributed by atoms with Gasteiger partial charge in [-0.1, -0.05) is 18.2 Å². The molecule has 3 aromatic rings. The summed E-state index contributed by atoms with van der Waals surface area (Å²) >= 11 is 0. The summed E-state index contributed by atoms with van der Waals surface area (Å²) in [5.74, 6) is 0.846. The van der Waals surface area contributed by atoms with Gasteiger partial charge in [-0.15, -0.1) is 0 Å². The van der Waals surface area contributed by atoms with E-state index in [1.165, 1.54) is 6.33 Å². The monoisotopic (exact) mass is 366 g/mol. The molecule has 0 amide bonds. The van der Waals surface area contributed by atoms with Crippen LogP contribution in [0, 0.1) is 10.1 Å². The second kappa shape index (κ2) is 8.48. The van der Waals surface area contributed by atoms with Gasteiger partial charge in [-0.05, 0) is 43.3 Å². The van der Waals surface area contributed by atoms with Crippen molar-refractivity contribution < 1.29 is 9.66 Å². The Bertz CT molecular complexity index is 903. The lowest BCUT2D eigenvalue weighted by Crippen LogP contribution is -2.13. The quantitative estimate of drug-likeness (QED) is 0.405. The number of nitrogens with zero attached hydrogens (tertiary/aromatic N) is 3. The molecule has 27 heavy (non-hydrogen) atoms. The van der Waals surface area contributed by atoms with Crippen molar-refractivity contribution >= 4 is 28.7 Å². The van der Waals surface area contributed by atoms with E-state index in [-0.39, 0.29) is 17.3 Å². The summed E-state index contributed by atoms with van der Waals surface area (Å²) in [5, 5.41) is 14.5. The maximum absolute atomic E-state index is 11.6. The van der Waals surface area contributed by atoms with E-state index in [0.717, 1.165) is 11.4 Å². The Hall–Kier alpha value is -3.88. The van der Waals surface area contributed by atoms with Crippen molar-refractivity contribution in [1.29, 1.82) is 0 Å². The van der Waals surface area contributed by atoms with Gasteiger partial charge >= 0.3 is 5.69 Å². The highest BCUT2D eigenvalue weighted by atomic mass is 16.6. The molecule has 1 heterocycles. The molecule has 0 bridgehead atoms. The maximum Gasteiger partial charge on any atom is 0.355 e. The number of ether oxygens (including phenoxy) is 1. The smallest absolute Gasteiger partial charge is 0.355 e. The molecule has 0 unspecified atom stereocenters. The zero-order valence-electron chi connectivity index (χ0n) is 14.5. The van der Waals surface area contributed by atoms with Gasteiger partial charge in [-0.2, -0.15) is 0 Å². The largest absolute Gasteiger partial charge is 0.494 e. The zero-order valence-corrected chi connectivity index (χ0v) is 14.5. The minimum atomic E-state index is -0.536. The molecule has 3 rings (SSSR count). The van der Waals surface area contributed by atoms with Crippen LogP contribution in [0.1, 0.15) is 6.92 Å². The number of anilines is 4. The molecule has 0 atom stereocenters. The highest BCUT2D eigenvalue weighted by Gasteiger charge is 2.23. The zero-order chi connectivity index (χ0) is 19.1. The van der Waals surface area contributed by atoms with Gasteiger partial charge in [0.25, 0.3) is 0 Å². The van der Waals surface area contributed by atoms with E-state index >= 15 is 0 Å². The van der Waals surface area contributed by atoms with Crippen molar-refractivity contribution in [3.05, 3.63) is 71.0 Å². The molecule has 9 nitrogen and oxygen atoms in total. The van der Waals surface area contributed by atoms with Gasteiger partial charge in [0.05, 0.1) is 17.2 Å². The lowest BCUT2D eigenvalue weighted by atomic mass is 10.3. The Morgan fingerprint density at radius 2 is 1.67 bits per heavy atom. The topological polar surface area (TPSA) is 114 Å². The van der Waals surface area contributed by atoms with Crippen LogP contribution >= 0.6 is 0 Å². The molecule has 0 aliphatic rings. The molecule has 3 N–H and O–H groups in total. The van der Waals surface area contributed by atoms with Gasteiger partial charge in [0.2, 0.25) is 11.6 Å². The lowest BCUT2D eigenvalue weighted by Gasteiger charge is -2.12. The van der Waals surface area contributed by atoms with Crippen molar-refractivity contribution in [2.24, 2.45) is 0 Å². The van der Waals surface area contributed by atoms with Crippen molar-refractivity contribution in [2.75, 3.05) is 22.8 Å². The standard InChI is InChI=1S/C18H18N6O3/c1-2-27-15-10-8-13(9-11-15)21-17-16(24(25)26)18(20-12-19-17)23-22-14-6-4-3-5-7-14/h3-12,22H,2H2,1H3,(H2,19,20,21,23). The van der Waals surface area contributed by atoms with Gasteiger partial charge in [-0.25, -0.2) is 9.97 Å². The first-order valence-electron chi connectivity index (χ1n) is 8.23. The molecule has 0 radical (unpaired) electrons. The molecule has 2 aromatic carbocycles. The molecule has 0 saturated carbocycles. The Morgan fingerprint density at radius 3 is 2.33 bits per heavy atom. The highest BCUT2D eigenvalue weighted by molar-refractivity contribution is 5.74. The van der Waals surface area contributed by atoms with E-state index < -0.39 is 4.92 Å². The first-order chi connectivity index (χ1) is 13.2. The molecule has 0 spiro atoms. The van der Waals surface area contributed by atoms with Crippen LogP contribution in [0.25, 0.3) is 0 Å². The number of rotatable bonds is 8. The fraction of sp³-hybridized carbons (Fsp3) is 0.111. The summed E-state index contributed by atoms with van der Waals surface area (Å²) in [6.07, 6.45) is 1.25. The highest BCUT2D eigenvalue weighted by Crippen LogP contribution is 2.31. The van der Waals surface area contributed by atoms with Crippen LogP contribution in [0.5, 0.6) is 5.75 Å². The summed E-state index contributed by atoms with van der Waals surface area (Å²) in [4.78, 5) is 19.0. The van der Waals surface area contributed by atoms with Gasteiger partial charge in [0, 0.05) is 5.69 Å². The third kappa shape index (κ3) is 4.60. The van der Waals surface area contributed by atoms with Crippen molar-refractivity contribution in [1.82, 2.24) is 9.97 Å². The fourth-order valence-corrected chi connectivity index (χ4v) is 2.33. The van der Waals surface area contributed by atoms with Crippen LogP contribution in [0.4, 0.5) is 28.7 Å². The average Bonchev–Trinajstić information content (AvgIpc) is 2.69. The van der Waals surface area contributed by atoms with Crippen molar-refractivity contribution in [2.45, 2.75) is 6.92 Å². The summed E-state index contributed by atoms with van der Waals surface area (Å²) in [5.41, 5.74) is 6.75. The molecule has 0 fully saturated rings. The van der Waals surface area contributed by atoms with Crippen LogP contribution in [0.2, 0.25) is 0 Å². The predicted molar refractivity (Wildman–Crippen MR) is 103 cm³/mol. The number of nitrogens with one attached hydrogen (secondary N) is 3. The van der Waals surface area contributed by atoms with E-state index in [9.17, 15) is 10.1 Å². The molecular formula is C18H18N6O3. The molecule has 0 saturated heterocycles. The molecule has 1 aromatic heterocycles. The third-order valence-corrected chi connectivity index (χ3v) is 3.53. The van der Waals surface area contributed by atoms with Crippen LogP contribution in [-0.4, -0.2) is 21.5 Å². The molecule has 138 valence electrons. The average molecular weight is 366 g/mol. The maximum atomic E-state index is 11.6. The first kappa shape index (κ1) is 17.9. The minimum Gasteiger partial charge on any atom is -0.494 e. The third-order valence-electron chi connectivity index (χ3n) is 3.53. The second-order valence-electron chi connectivity index (χ2n) is 5.38. The van der Waals surface area contributed by atoms with Gasteiger partial charge in [-0.3, -0.25) is 21.0 Å². The minimum absolute atomic E-state index is 0.0484. The summed E-state index contributed by atoms with van der Waals surface area (Å²) in [7, 11) is 0. The Kier molecular flexibility index (Phi) is 5.63. The van der Waals surface area contributed by atoms with Crippen LogP contribution < -0.4 is 20.9 Å². The van der Waals surface area contributed by atoms with E-state index in [1.54, 1.807) is 24.3 Å². The first-order valence-corrected chi connectivity index (χ1v) is 8.23. The van der Waals surface area contributed by atoms with Gasteiger partial charge < -0.3 is 10.1 Å². The lowest BCUT2D eigenvalue weighted by molar-refractivity contribution is -0.383. The van der Waals surface area contributed by atoms with Crippen LogP contribution in [0.15, 0.2) is 60.9 Å². The van der Waals surface area contributed by atoms with Crippen LogP contribution in [0.3, 0.4) is 0 Å². The molecule has 0 aliphatic carbocycles. The number of para-hydroxylation sites is 1. The fourth-order valence-electron chi connectivity index (χ4n) is 2.33. The molecular weight excluding hydrogens is 348 g/mol. The Balaban J connectivity index is 1.81. The second-order valence-corrected chi connectivity index (χ2v) is 5.38. The Morgan fingerprint density at radius 1 is 0.963 bits per heavy atom. The number of nitro groups is 1. The van der Waals surface area contributed by atoms with Crippen LogP contribution in [-0.2, 0) is 0 Å². The summed E-state index contributed by atoms with van der Waals surface area (Å²) in [6.45, 7) is 2.46. The molecule has 9 heteroatoms. The predicted octanol–water partition coefficient (Wildman–Crippen LogP) is 3.97. The Labute approximate surface area is 155 Å². The molecule has 0 aliphatic heterocycles. The van der Waals surface area contributed by atoms with Crippen molar-refractivity contribution in [3.8, 4) is 5.75 Å². The summed E-state index contributed by atoms with van der Waals surface area (Å²) in [6, 6.07) is 16.3. The van der Waals surface area contributed by atoms with E-state index in [2.05, 4.69) is 26.1 Å². The van der Waals surface area contributed by atoms with E-state index in [0.29, 0.717) is 12.3 Å². The number of hydrazine groups is 1. The van der Waals surface area contributed by atoms with E-state index in [4.69, 9.17) is 4.74 Å². The number of hydrogen-bond acceptors (Lipinski definition) is 8.